The van der Waals surface area contributed by atoms with Crippen molar-refractivity contribution < 1.29 is 19.1 Å². The number of piperidine rings is 1. The average Bonchev–Trinajstić information content (AvgIpc) is 2.73. The predicted molar refractivity (Wildman–Crippen MR) is 102 cm³/mol. The molecular formula is C21H22N2O4. The van der Waals surface area contributed by atoms with E-state index in [1.165, 1.54) is 7.11 Å². The van der Waals surface area contributed by atoms with Gasteiger partial charge in [0.2, 0.25) is 0 Å². The number of rotatable bonds is 4. The van der Waals surface area contributed by atoms with Crippen LogP contribution in [0.3, 0.4) is 0 Å². The fourth-order valence-electron chi connectivity index (χ4n) is 3.21. The maximum atomic E-state index is 12.8. The van der Waals surface area contributed by atoms with E-state index in [4.69, 9.17) is 4.74 Å². The van der Waals surface area contributed by atoms with Crippen LogP contribution in [0, 0.1) is 0 Å². The van der Waals surface area contributed by atoms with Gasteiger partial charge >= 0.3 is 5.97 Å². The Labute approximate surface area is 158 Å². The lowest BCUT2D eigenvalue weighted by Gasteiger charge is -2.33. The molecule has 0 aliphatic carbocycles. The zero-order valence-electron chi connectivity index (χ0n) is 15.2. The highest BCUT2D eigenvalue weighted by Crippen LogP contribution is 2.21. The summed E-state index contributed by atoms with van der Waals surface area (Å²) in [6.07, 6.45) is 2.38. The van der Waals surface area contributed by atoms with E-state index in [2.05, 4.69) is 5.32 Å². The first-order valence-corrected chi connectivity index (χ1v) is 8.95. The molecule has 2 amide bonds. The van der Waals surface area contributed by atoms with Crippen molar-refractivity contribution in [1.29, 1.82) is 0 Å². The maximum Gasteiger partial charge on any atom is 0.328 e. The molecule has 1 heterocycles. The normalized spacial score (nSPS) is 16.5. The molecule has 6 heteroatoms. The van der Waals surface area contributed by atoms with Crippen LogP contribution < -0.4 is 5.32 Å². The Bertz CT molecular complexity index is 818. The van der Waals surface area contributed by atoms with Crippen LogP contribution in [0.25, 0.3) is 0 Å². The number of nitrogens with one attached hydrogen (secondary N) is 1. The Morgan fingerprint density at radius 3 is 2.33 bits per heavy atom. The summed E-state index contributed by atoms with van der Waals surface area (Å²) < 4.78 is 4.83. The van der Waals surface area contributed by atoms with Gasteiger partial charge in [-0.1, -0.05) is 18.2 Å². The lowest BCUT2D eigenvalue weighted by molar-refractivity contribution is -0.147. The molecule has 0 spiro atoms. The monoisotopic (exact) mass is 366 g/mol. The van der Waals surface area contributed by atoms with Crippen LogP contribution in [0.4, 0.5) is 5.69 Å². The van der Waals surface area contributed by atoms with Crippen LogP contribution in [0.1, 0.15) is 40.0 Å². The predicted octanol–water partition coefficient (Wildman–Crippen LogP) is 3.11. The average molecular weight is 366 g/mol. The molecule has 1 aliphatic rings. The highest BCUT2D eigenvalue weighted by molar-refractivity contribution is 6.04. The molecule has 2 aromatic carbocycles. The van der Waals surface area contributed by atoms with Gasteiger partial charge in [-0.15, -0.1) is 0 Å². The Kier molecular flexibility index (Phi) is 5.86. The van der Waals surface area contributed by atoms with E-state index in [1.807, 2.05) is 6.07 Å². The number of carbonyl (C=O) groups excluding carboxylic acids is 3. The summed E-state index contributed by atoms with van der Waals surface area (Å²) in [6, 6.07) is 15.1. The zero-order valence-corrected chi connectivity index (χ0v) is 15.2. The van der Waals surface area contributed by atoms with E-state index in [-0.39, 0.29) is 17.8 Å². The second-order valence-corrected chi connectivity index (χ2v) is 6.43. The standard InChI is InChI=1S/C21H22N2O4/c1-27-21(26)18-9-5-6-14-23(18)20(25)16-10-12-17(13-11-16)22-19(24)15-7-3-2-4-8-15/h2-4,7-8,10-13,18H,5-6,9,14H2,1H3,(H,22,24). The van der Waals surface area contributed by atoms with Gasteiger partial charge in [0.05, 0.1) is 7.11 Å². The molecule has 1 atom stereocenters. The van der Waals surface area contributed by atoms with Crippen molar-refractivity contribution in [1.82, 2.24) is 4.90 Å². The Hall–Kier alpha value is -3.15. The summed E-state index contributed by atoms with van der Waals surface area (Å²) >= 11 is 0. The highest BCUT2D eigenvalue weighted by Gasteiger charge is 2.33. The van der Waals surface area contributed by atoms with Crippen LogP contribution in [0.15, 0.2) is 54.6 Å². The SMILES string of the molecule is COC(=O)C1CCCCN1C(=O)c1ccc(NC(=O)c2ccccc2)cc1. The van der Waals surface area contributed by atoms with Crippen LogP contribution in [0.2, 0.25) is 0 Å². The third-order valence-corrected chi connectivity index (χ3v) is 4.66. The van der Waals surface area contributed by atoms with Gasteiger partial charge in [0.25, 0.3) is 11.8 Å². The van der Waals surface area contributed by atoms with Gasteiger partial charge in [-0.25, -0.2) is 4.79 Å². The minimum Gasteiger partial charge on any atom is -0.467 e. The largest absolute Gasteiger partial charge is 0.467 e. The number of ether oxygens (including phenoxy) is 1. The van der Waals surface area contributed by atoms with Gasteiger partial charge < -0.3 is 15.0 Å². The summed E-state index contributed by atoms with van der Waals surface area (Å²) in [5, 5.41) is 2.80. The van der Waals surface area contributed by atoms with Crippen molar-refractivity contribution in [3.05, 3.63) is 65.7 Å². The number of likely N-dealkylation sites (tertiary alicyclic amines) is 1. The Morgan fingerprint density at radius 2 is 1.67 bits per heavy atom. The summed E-state index contributed by atoms with van der Waals surface area (Å²) in [4.78, 5) is 38.5. The van der Waals surface area contributed by atoms with Crippen molar-refractivity contribution >= 4 is 23.5 Å². The lowest BCUT2D eigenvalue weighted by atomic mass is 10.0. The summed E-state index contributed by atoms with van der Waals surface area (Å²) in [6.45, 7) is 0.533. The van der Waals surface area contributed by atoms with E-state index < -0.39 is 6.04 Å². The first-order chi connectivity index (χ1) is 13.1. The molecule has 1 aliphatic heterocycles. The topological polar surface area (TPSA) is 75.7 Å². The second kappa shape index (κ2) is 8.49. The van der Waals surface area contributed by atoms with E-state index in [9.17, 15) is 14.4 Å². The molecule has 140 valence electrons. The number of nitrogens with zero attached hydrogens (tertiary/aromatic N) is 1. The molecule has 1 N–H and O–H groups in total. The van der Waals surface area contributed by atoms with Crippen LogP contribution in [-0.4, -0.2) is 42.4 Å². The number of anilines is 1. The summed E-state index contributed by atoms with van der Waals surface area (Å²) in [5.41, 5.74) is 1.64. The van der Waals surface area contributed by atoms with Crippen LogP contribution in [0.5, 0.6) is 0 Å². The number of esters is 1. The van der Waals surface area contributed by atoms with Gasteiger partial charge in [0.1, 0.15) is 6.04 Å². The van der Waals surface area contributed by atoms with E-state index in [0.717, 1.165) is 12.8 Å². The van der Waals surface area contributed by atoms with E-state index in [1.54, 1.807) is 53.4 Å². The molecule has 6 nitrogen and oxygen atoms in total. The van der Waals surface area contributed by atoms with Crippen molar-refractivity contribution in [2.75, 3.05) is 19.0 Å². The van der Waals surface area contributed by atoms with Crippen molar-refractivity contribution in [2.24, 2.45) is 0 Å². The smallest absolute Gasteiger partial charge is 0.328 e. The summed E-state index contributed by atoms with van der Waals surface area (Å²) in [5.74, 6) is -0.794. The van der Waals surface area contributed by atoms with Crippen molar-refractivity contribution in [3.63, 3.8) is 0 Å². The Balaban J connectivity index is 1.70. The third-order valence-electron chi connectivity index (χ3n) is 4.66. The fraction of sp³-hybridized carbons (Fsp3) is 0.286. The Morgan fingerprint density at radius 1 is 0.963 bits per heavy atom. The van der Waals surface area contributed by atoms with Crippen molar-refractivity contribution in [2.45, 2.75) is 25.3 Å². The third kappa shape index (κ3) is 4.34. The number of hydrogen-bond acceptors (Lipinski definition) is 4. The molecule has 0 saturated carbocycles. The molecule has 27 heavy (non-hydrogen) atoms. The molecule has 0 aromatic heterocycles. The molecule has 0 radical (unpaired) electrons. The molecular weight excluding hydrogens is 344 g/mol. The molecule has 1 unspecified atom stereocenters. The van der Waals surface area contributed by atoms with E-state index in [0.29, 0.717) is 29.8 Å². The number of methoxy groups -OCH3 is 1. The number of hydrogen-bond donors (Lipinski definition) is 1. The van der Waals surface area contributed by atoms with Gasteiger partial charge in [-0.3, -0.25) is 9.59 Å². The van der Waals surface area contributed by atoms with Crippen LogP contribution in [-0.2, 0) is 9.53 Å². The molecule has 1 fully saturated rings. The quantitative estimate of drug-likeness (QED) is 0.844. The van der Waals surface area contributed by atoms with Gasteiger partial charge in [-0.05, 0) is 55.7 Å². The van der Waals surface area contributed by atoms with Gasteiger partial charge in [0, 0.05) is 23.4 Å². The molecule has 3 rings (SSSR count). The maximum absolute atomic E-state index is 12.8. The lowest BCUT2D eigenvalue weighted by Crippen LogP contribution is -2.48. The number of carbonyl (C=O) groups is 3. The summed E-state index contributed by atoms with van der Waals surface area (Å²) in [7, 11) is 1.34. The minimum atomic E-state index is -0.534. The fourth-order valence-corrected chi connectivity index (χ4v) is 3.21. The first kappa shape index (κ1) is 18.6. The van der Waals surface area contributed by atoms with Crippen LogP contribution >= 0.6 is 0 Å². The molecule has 2 aromatic rings. The highest BCUT2D eigenvalue weighted by atomic mass is 16.5. The first-order valence-electron chi connectivity index (χ1n) is 8.95. The van der Waals surface area contributed by atoms with Gasteiger partial charge in [-0.2, -0.15) is 0 Å². The second-order valence-electron chi connectivity index (χ2n) is 6.43. The minimum absolute atomic E-state index is 0.203. The van der Waals surface area contributed by atoms with Gasteiger partial charge in [0.15, 0.2) is 0 Å². The number of amides is 2. The molecule has 1 saturated heterocycles. The van der Waals surface area contributed by atoms with E-state index >= 15 is 0 Å². The molecule has 0 bridgehead atoms. The zero-order chi connectivity index (χ0) is 19.2. The van der Waals surface area contributed by atoms with Crippen molar-refractivity contribution in [3.8, 4) is 0 Å². The number of benzene rings is 2.